The molecule has 2 amide bonds. The Morgan fingerprint density at radius 3 is 2.79 bits per heavy atom. The van der Waals surface area contributed by atoms with Crippen molar-refractivity contribution in [3.05, 3.63) is 46.3 Å². The first-order valence-corrected chi connectivity index (χ1v) is 10.00. The average Bonchev–Trinajstić information content (AvgIpc) is 3.36. The maximum Gasteiger partial charge on any atom is 0.256 e. The lowest BCUT2D eigenvalue weighted by Crippen LogP contribution is -2.33. The van der Waals surface area contributed by atoms with Gasteiger partial charge in [-0.2, -0.15) is 0 Å². The van der Waals surface area contributed by atoms with E-state index in [9.17, 15) is 14.7 Å². The van der Waals surface area contributed by atoms with Crippen LogP contribution in [0, 0.1) is 13.8 Å². The number of phenols is 1. The van der Waals surface area contributed by atoms with E-state index in [1.54, 1.807) is 18.2 Å². The number of nitrogens with zero attached hydrogens (tertiary/aromatic N) is 1. The Labute approximate surface area is 169 Å². The second-order valence-electron chi connectivity index (χ2n) is 7.71. The molecular weight excluding hydrogens is 368 g/mol. The minimum Gasteiger partial charge on any atom is -0.508 e. The topological polar surface area (TPSA) is 97.5 Å². The molecule has 0 saturated carbocycles. The predicted octanol–water partition coefficient (Wildman–Crippen LogP) is 2.66. The molecule has 1 aromatic carbocycles. The summed E-state index contributed by atoms with van der Waals surface area (Å²) in [5.74, 6) is -0.230. The Morgan fingerprint density at radius 1 is 1.28 bits per heavy atom. The zero-order valence-corrected chi connectivity index (χ0v) is 16.8. The number of nitrogens with one attached hydrogen (secondary N) is 3. The second kappa shape index (κ2) is 7.75. The first-order valence-electron chi connectivity index (χ1n) is 10.00. The van der Waals surface area contributed by atoms with E-state index in [-0.39, 0.29) is 17.6 Å². The van der Waals surface area contributed by atoms with Crippen molar-refractivity contribution in [2.45, 2.75) is 26.7 Å². The predicted molar refractivity (Wildman–Crippen MR) is 113 cm³/mol. The van der Waals surface area contributed by atoms with Crippen LogP contribution in [0.5, 0.6) is 5.75 Å². The van der Waals surface area contributed by atoms with Crippen LogP contribution in [-0.4, -0.2) is 53.0 Å². The van der Waals surface area contributed by atoms with Gasteiger partial charge in [0.2, 0.25) is 0 Å². The van der Waals surface area contributed by atoms with Gasteiger partial charge in [0.1, 0.15) is 5.75 Å². The highest BCUT2D eigenvalue weighted by Crippen LogP contribution is 2.36. The third-order valence-electron chi connectivity index (χ3n) is 5.69. The van der Waals surface area contributed by atoms with Crippen molar-refractivity contribution < 1.29 is 14.7 Å². The number of aromatic nitrogens is 1. The normalized spacial score (nSPS) is 17.6. The molecule has 152 valence electrons. The van der Waals surface area contributed by atoms with Crippen molar-refractivity contribution in [1.29, 1.82) is 0 Å². The number of hydrogen-bond acceptors (Lipinski definition) is 4. The molecule has 4 rings (SSSR count). The number of hydrogen-bond donors (Lipinski definition) is 4. The standard InChI is InChI=1S/C22H26N4O3/c1-13-19(12-17-16-11-15(27)5-6-18(16)25-21(17)28)24-14(2)20(13)22(29)23-7-10-26-8-3-4-9-26/h5-6,11-12,24,27H,3-4,7-10H2,1-2H3,(H,23,29)(H,25,28)/b17-12-. The molecule has 29 heavy (non-hydrogen) atoms. The largest absolute Gasteiger partial charge is 0.508 e. The first kappa shape index (κ1) is 19.3. The minimum atomic E-state index is -0.228. The number of aryl methyl sites for hydroxylation is 1. The number of benzene rings is 1. The molecule has 7 nitrogen and oxygen atoms in total. The number of phenolic OH excluding ortho intramolecular Hbond substituents is 1. The molecule has 2 aliphatic heterocycles. The van der Waals surface area contributed by atoms with Gasteiger partial charge < -0.3 is 25.6 Å². The number of carbonyl (C=O) groups excluding carboxylic acids is 2. The molecule has 7 heteroatoms. The van der Waals surface area contributed by atoms with Gasteiger partial charge in [-0.1, -0.05) is 0 Å². The lowest BCUT2D eigenvalue weighted by atomic mass is 10.0. The van der Waals surface area contributed by atoms with E-state index in [4.69, 9.17) is 0 Å². The van der Waals surface area contributed by atoms with Crippen LogP contribution >= 0.6 is 0 Å². The molecule has 0 radical (unpaired) electrons. The number of fused-ring (bicyclic) bond motifs is 1. The van der Waals surface area contributed by atoms with Crippen LogP contribution in [0.2, 0.25) is 0 Å². The Morgan fingerprint density at radius 2 is 2.03 bits per heavy atom. The van der Waals surface area contributed by atoms with Crippen molar-refractivity contribution in [3.8, 4) is 5.75 Å². The lowest BCUT2D eigenvalue weighted by Gasteiger charge is -2.14. The number of anilines is 1. The van der Waals surface area contributed by atoms with Gasteiger partial charge in [0, 0.05) is 35.7 Å². The second-order valence-corrected chi connectivity index (χ2v) is 7.71. The summed E-state index contributed by atoms with van der Waals surface area (Å²) in [4.78, 5) is 30.7. The van der Waals surface area contributed by atoms with Gasteiger partial charge in [0.15, 0.2) is 0 Å². The van der Waals surface area contributed by atoms with E-state index in [0.29, 0.717) is 34.6 Å². The molecule has 3 heterocycles. The zero-order valence-electron chi connectivity index (χ0n) is 16.8. The molecule has 0 atom stereocenters. The number of carbonyl (C=O) groups is 2. The SMILES string of the molecule is Cc1[nH]c(/C=C2\C(=O)Nc3ccc(O)cc32)c(C)c1C(=O)NCCN1CCCC1. The quantitative estimate of drug-likeness (QED) is 0.463. The van der Waals surface area contributed by atoms with Gasteiger partial charge in [0.05, 0.1) is 11.1 Å². The Balaban J connectivity index is 1.54. The Hall–Kier alpha value is -3.06. The number of rotatable bonds is 5. The third-order valence-corrected chi connectivity index (χ3v) is 5.69. The highest BCUT2D eigenvalue weighted by atomic mass is 16.3. The summed E-state index contributed by atoms with van der Waals surface area (Å²) in [5.41, 5.74) is 4.68. The fourth-order valence-corrected chi connectivity index (χ4v) is 4.14. The smallest absolute Gasteiger partial charge is 0.256 e. The molecule has 2 aromatic rings. The number of H-pyrrole nitrogens is 1. The van der Waals surface area contributed by atoms with Crippen LogP contribution in [0.15, 0.2) is 18.2 Å². The van der Waals surface area contributed by atoms with Crippen LogP contribution in [0.25, 0.3) is 11.6 Å². The molecule has 0 aliphatic carbocycles. The van der Waals surface area contributed by atoms with Gasteiger partial charge in [-0.05, 0) is 69.6 Å². The summed E-state index contributed by atoms with van der Waals surface area (Å²) in [6.07, 6.45) is 4.21. The van der Waals surface area contributed by atoms with Gasteiger partial charge in [-0.15, -0.1) is 0 Å². The molecule has 0 unspecified atom stereocenters. The maximum atomic E-state index is 12.7. The average molecular weight is 394 g/mol. The van der Waals surface area contributed by atoms with Gasteiger partial charge in [-0.25, -0.2) is 0 Å². The molecule has 1 saturated heterocycles. The molecule has 1 aromatic heterocycles. The molecule has 4 N–H and O–H groups in total. The van der Waals surface area contributed by atoms with Crippen LogP contribution in [-0.2, 0) is 4.79 Å². The summed E-state index contributed by atoms with van der Waals surface area (Å²) in [6.45, 7) is 7.43. The van der Waals surface area contributed by atoms with E-state index in [2.05, 4.69) is 20.5 Å². The van der Waals surface area contributed by atoms with Crippen LogP contribution in [0.3, 0.4) is 0 Å². The summed E-state index contributed by atoms with van der Waals surface area (Å²) in [5, 5.41) is 15.6. The number of aromatic amines is 1. The first-order chi connectivity index (χ1) is 13.9. The number of aromatic hydroxyl groups is 1. The van der Waals surface area contributed by atoms with Crippen LogP contribution in [0.1, 0.15) is 45.7 Å². The summed E-state index contributed by atoms with van der Waals surface area (Å²) in [7, 11) is 0. The van der Waals surface area contributed by atoms with Crippen LogP contribution < -0.4 is 10.6 Å². The number of likely N-dealkylation sites (tertiary alicyclic amines) is 1. The molecular formula is C22H26N4O3. The summed E-state index contributed by atoms with van der Waals surface area (Å²) >= 11 is 0. The molecule has 2 aliphatic rings. The van der Waals surface area contributed by atoms with Gasteiger partial charge in [0.25, 0.3) is 11.8 Å². The maximum absolute atomic E-state index is 12.7. The van der Waals surface area contributed by atoms with Crippen LogP contribution in [0.4, 0.5) is 5.69 Å². The fraction of sp³-hybridized carbons (Fsp3) is 0.364. The zero-order chi connectivity index (χ0) is 20.5. The Bertz CT molecular complexity index is 1000. The fourth-order valence-electron chi connectivity index (χ4n) is 4.14. The highest BCUT2D eigenvalue weighted by Gasteiger charge is 2.26. The summed E-state index contributed by atoms with van der Waals surface area (Å²) < 4.78 is 0. The van der Waals surface area contributed by atoms with E-state index in [1.165, 1.54) is 18.9 Å². The monoisotopic (exact) mass is 394 g/mol. The van der Waals surface area contributed by atoms with E-state index in [0.717, 1.165) is 30.9 Å². The minimum absolute atomic E-state index is 0.101. The van der Waals surface area contributed by atoms with E-state index in [1.807, 2.05) is 13.8 Å². The summed E-state index contributed by atoms with van der Waals surface area (Å²) in [6, 6.07) is 4.78. The molecule has 0 spiro atoms. The van der Waals surface area contributed by atoms with Crippen molar-refractivity contribution >= 4 is 29.2 Å². The van der Waals surface area contributed by atoms with E-state index < -0.39 is 0 Å². The van der Waals surface area contributed by atoms with Gasteiger partial charge in [-0.3, -0.25) is 9.59 Å². The third kappa shape index (κ3) is 3.78. The van der Waals surface area contributed by atoms with E-state index >= 15 is 0 Å². The van der Waals surface area contributed by atoms with Crippen molar-refractivity contribution in [2.24, 2.45) is 0 Å². The Kier molecular flexibility index (Phi) is 5.15. The number of amides is 2. The lowest BCUT2D eigenvalue weighted by molar-refractivity contribution is -0.110. The molecule has 1 fully saturated rings. The van der Waals surface area contributed by atoms with Gasteiger partial charge >= 0.3 is 0 Å². The van der Waals surface area contributed by atoms with Crippen molar-refractivity contribution in [1.82, 2.24) is 15.2 Å². The van der Waals surface area contributed by atoms with Crippen molar-refractivity contribution in [3.63, 3.8) is 0 Å². The highest BCUT2D eigenvalue weighted by molar-refractivity contribution is 6.35. The van der Waals surface area contributed by atoms with Crippen molar-refractivity contribution in [2.75, 3.05) is 31.5 Å². The molecule has 0 bridgehead atoms.